The summed E-state index contributed by atoms with van der Waals surface area (Å²) in [6.07, 6.45) is -5.10. The molecule has 2 rings (SSSR count). The van der Waals surface area contributed by atoms with E-state index in [0.717, 1.165) is 25.1 Å². The summed E-state index contributed by atoms with van der Waals surface area (Å²) in [6, 6.07) is 2.76. The molecule has 2 aromatic rings. The molecule has 11 nitrogen and oxygen atoms in total. The molecule has 0 saturated carbocycles. The van der Waals surface area contributed by atoms with Crippen LogP contribution in [0.3, 0.4) is 0 Å². The van der Waals surface area contributed by atoms with Crippen LogP contribution in [0.4, 0.5) is 30.2 Å². The molecule has 0 aliphatic carbocycles. The minimum Gasteiger partial charge on any atom is -0.506 e. The van der Waals surface area contributed by atoms with Crippen molar-refractivity contribution in [1.82, 2.24) is 9.78 Å². The first kappa shape index (κ1) is 19.6. The number of phenolic OH excluding ortho intramolecular Hbond substituents is 1. The molecule has 1 heterocycles. The summed E-state index contributed by atoms with van der Waals surface area (Å²) < 4.78 is 39.1. The summed E-state index contributed by atoms with van der Waals surface area (Å²) in [6.45, 7) is 0.128. The fourth-order valence-corrected chi connectivity index (χ4v) is 2.16. The molecule has 0 fully saturated rings. The third-order valence-corrected chi connectivity index (χ3v) is 3.38. The van der Waals surface area contributed by atoms with E-state index in [1.54, 1.807) is 0 Å². The summed E-state index contributed by atoms with van der Waals surface area (Å²) in [5.41, 5.74) is -4.35. The number of phenols is 1. The Kier molecular flexibility index (Phi) is 5.01. The number of hydrogen-bond acceptors (Lipinski definition) is 7. The van der Waals surface area contributed by atoms with Crippen LogP contribution in [0.1, 0.15) is 11.4 Å². The van der Waals surface area contributed by atoms with Gasteiger partial charge in [-0.05, 0) is 13.0 Å². The third-order valence-electron chi connectivity index (χ3n) is 3.38. The topological polar surface area (TPSA) is 153 Å². The Bertz CT molecular complexity index is 939. The molecule has 2 N–H and O–H groups in total. The van der Waals surface area contributed by atoms with Gasteiger partial charge in [-0.15, -0.1) is 0 Å². The van der Waals surface area contributed by atoms with Gasteiger partial charge in [-0.25, -0.2) is 0 Å². The molecule has 144 valence electrons. The minimum absolute atomic E-state index is 0.357. The maximum absolute atomic E-state index is 12.9. The number of anilines is 1. The molecular formula is C13H10F3N5O6. The van der Waals surface area contributed by atoms with Gasteiger partial charge in [0.15, 0.2) is 0 Å². The van der Waals surface area contributed by atoms with E-state index in [9.17, 15) is 43.3 Å². The average Bonchev–Trinajstić information content (AvgIpc) is 2.86. The summed E-state index contributed by atoms with van der Waals surface area (Å²) >= 11 is 0. The van der Waals surface area contributed by atoms with E-state index < -0.39 is 57.0 Å². The Morgan fingerprint density at radius 3 is 2.41 bits per heavy atom. The Hall–Kier alpha value is -3.71. The SMILES string of the molecule is Cc1c([N+](=O)[O-])c(C(F)(F)F)nn1CC(=O)Nc1cc([N+](=O)[O-])ccc1O. The number of aromatic nitrogens is 2. The number of carbonyl (C=O) groups is 1. The highest BCUT2D eigenvalue weighted by atomic mass is 19.4. The van der Waals surface area contributed by atoms with Crippen LogP contribution in [0.5, 0.6) is 5.75 Å². The van der Waals surface area contributed by atoms with Crippen LogP contribution in [0, 0.1) is 27.2 Å². The number of halogens is 3. The maximum Gasteiger partial charge on any atom is 0.442 e. The lowest BCUT2D eigenvalue weighted by molar-refractivity contribution is -0.388. The van der Waals surface area contributed by atoms with Crippen molar-refractivity contribution in [3.05, 3.63) is 49.8 Å². The number of amides is 1. The highest BCUT2D eigenvalue weighted by Crippen LogP contribution is 2.37. The van der Waals surface area contributed by atoms with Gasteiger partial charge in [0.2, 0.25) is 11.6 Å². The summed E-state index contributed by atoms with van der Waals surface area (Å²) in [5, 5.41) is 36.4. The molecule has 1 aromatic heterocycles. The van der Waals surface area contributed by atoms with Gasteiger partial charge in [-0.1, -0.05) is 0 Å². The monoisotopic (exact) mass is 389 g/mol. The zero-order chi connectivity index (χ0) is 20.5. The summed E-state index contributed by atoms with van der Waals surface area (Å²) in [7, 11) is 0. The lowest BCUT2D eigenvalue weighted by atomic mass is 10.2. The molecule has 0 aliphatic heterocycles. The number of rotatable bonds is 5. The largest absolute Gasteiger partial charge is 0.506 e. The number of carbonyl (C=O) groups excluding carboxylic acids is 1. The highest BCUT2D eigenvalue weighted by molar-refractivity contribution is 5.92. The Balaban J connectivity index is 2.30. The second kappa shape index (κ2) is 6.89. The maximum atomic E-state index is 12.9. The van der Waals surface area contributed by atoms with Crippen molar-refractivity contribution in [2.75, 3.05) is 5.32 Å². The molecule has 1 aromatic carbocycles. The average molecular weight is 389 g/mol. The predicted octanol–water partition coefficient (Wildman–Crippen LogP) is 2.37. The molecule has 14 heteroatoms. The van der Waals surface area contributed by atoms with Crippen molar-refractivity contribution in [1.29, 1.82) is 0 Å². The van der Waals surface area contributed by atoms with E-state index in [2.05, 4.69) is 10.4 Å². The van der Waals surface area contributed by atoms with Crippen LogP contribution in [0.2, 0.25) is 0 Å². The number of nitro groups is 2. The van der Waals surface area contributed by atoms with Crippen LogP contribution >= 0.6 is 0 Å². The number of hydrogen-bond donors (Lipinski definition) is 2. The fourth-order valence-electron chi connectivity index (χ4n) is 2.16. The Morgan fingerprint density at radius 2 is 1.93 bits per heavy atom. The molecule has 0 bridgehead atoms. The highest BCUT2D eigenvalue weighted by Gasteiger charge is 2.44. The Morgan fingerprint density at radius 1 is 1.30 bits per heavy atom. The van der Waals surface area contributed by atoms with Crippen molar-refractivity contribution in [2.45, 2.75) is 19.6 Å². The first-order chi connectivity index (χ1) is 12.4. The molecular weight excluding hydrogens is 379 g/mol. The standard InChI is InChI=1S/C13H10F3N5O6/c1-6-11(21(26)27)12(13(14,15)16)18-19(6)5-10(23)17-8-4-7(20(24)25)2-3-9(8)22/h2-4,22H,5H2,1H3,(H,17,23). The van der Waals surface area contributed by atoms with E-state index in [1.807, 2.05) is 0 Å². The number of non-ortho nitro benzene ring substituents is 1. The van der Waals surface area contributed by atoms with Gasteiger partial charge in [-0.2, -0.15) is 18.3 Å². The zero-order valence-corrected chi connectivity index (χ0v) is 13.4. The molecule has 0 radical (unpaired) electrons. The number of aromatic hydroxyl groups is 1. The van der Waals surface area contributed by atoms with Crippen molar-refractivity contribution in [3.63, 3.8) is 0 Å². The van der Waals surface area contributed by atoms with E-state index >= 15 is 0 Å². The van der Waals surface area contributed by atoms with Crippen LogP contribution in [0.15, 0.2) is 18.2 Å². The van der Waals surface area contributed by atoms with Gasteiger partial charge in [0, 0.05) is 12.1 Å². The first-order valence-corrected chi connectivity index (χ1v) is 6.98. The molecule has 1 amide bonds. The van der Waals surface area contributed by atoms with Gasteiger partial charge >= 0.3 is 11.9 Å². The number of nitrogens with one attached hydrogen (secondary N) is 1. The number of nitro benzene ring substituents is 1. The van der Waals surface area contributed by atoms with Gasteiger partial charge in [0.05, 0.1) is 15.5 Å². The van der Waals surface area contributed by atoms with Crippen LogP contribution in [-0.4, -0.2) is 30.6 Å². The second-order valence-electron chi connectivity index (χ2n) is 5.20. The van der Waals surface area contributed by atoms with Gasteiger partial charge in [-0.3, -0.25) is 29.7 Å². The van der Waals surface area contributed by atoms with E-state index in [4.69, 9.17) is 0 Å². The van der Waals surface area contributed by atoms with Crippen molar-refractivity contribution in [3.8, 4) is 5.75 Å². The molecule has 27 heavy (non-hydrogen) atoms. The quantitative estimate of drug-likeness (QED) is 0.452. The van der Waals surface area contributed by atoms with Crippen LogP contribution in [-0.2, 0) is 17.5 Å². The third kappa shape index (κ3) is 4.10. The zero-order valence-electron chi connectivity index (χ0n) is 13.4. The lowest BCUT2D eigenvalue weighted by Crippen LogP contribution is -2.21. The summed E-state index contributed by atoms with van der Waals surface area (Å²) in [5.74, 6) is -1.53. The summed E-state index contributed by atoms with van der Waals surface area (Å²) in [4.78, 5) is 31.6. The Labute approximate surface area is 147 Å². The number of nitrogens with zero attached hydrogens (tertiary/aromatic N) is 4. The number of alkyl halides is 3. The molecule has 0 unspecified atom stereocenters. The van der Waals surface area contributed by atoms with E-state index in [-0.39, 0.29) is 5.69 Å². The van der Waals surface area contributed by atoms with Gasteiger partial charge < -0.3 is 10.4 Å². The van der Waals surface area contributed by atoms with E-state index in [1.165, 1.54) is 0 Å². The van der Waals surface area contributed by atoms with Crippen LogP contribution < -0.4 is 5.32 Å². The molecule has 0 atom stereocenters. The fraction of sp³-hybridized carbons (Fsp3) is 0.231. The molecule has 0 saturated heterocycles. The first-order valence-electron chi connectivity index (χ1n) is 6.98. The van der Waals surface area contributed by atoms with E-state index in [0.29, 0.717) is 4.68 Å². The van der Waals surface area contributed by atoms with Gasteiger partial charge in [0.1, 0.15) is 18.0 Å². The molecule has 0 spiro atoms. The van der Waals surface area contributed by atoms with Gasteiger partial charge in [0.25, 0.3) is 5.69 Å². The number of benzene rings is 1. The van der Waals surface area contributed by atoms with Crippen LogP contribution in [0.25, 0.3) is 0 Å². The van der Waals surface area contributed by atoms with Crippen molar-refractivity contribution >= 4 is 23.0 Å². The van der Waals surface area contributed by atoms with Crippen molar-refractivity contribution in [2.24, 2.45) is 0 Å². The molecule has 0 aliphatic rings. The second-order valence-corrected chi connectivity index (χ2v) is 5.20. The predicted molar refractivity (Wildman–Crippen MR) is 82.0 cm³/mol. The minimum atomic E-state index is -5.10. The normalized spacial score (nSPS) is 11.3. The lowest BCUT2D eigenvalue weighted by Gasteiger charge is -2.08. The van der Waals surface area contributed by atoms with Crippen molar-refractivity contribution < 1.29 is 32.9 Å². The smallest absolute Gasteiger partial charge is 0.442 e.